The van der Waals surface area contributed by atoms with E-state index in [9.17, 15) is 13.2 Å². The summed E-state index contributed by atoms with van der Waals surface area (Å²) in [6, 6.07) is 11.8. The molecule has 1 N–H and O–H groups in total. The Morgan fingerprint density at radius 2 is 1.82 bits per heavy atom. The number of nitrogens with zero attached hydrogens (tertiary/aromatic N) is 2. The molecule has 28 heavy (non-hydrogen) atoms. The fourth-order valence-corrected chi connectivity index (χ4v) is 4.80. The number of rotatable bonds is 5. The predicted molar refractivity (Wildman–Crippen MR) is 109 cm³/mol. The molecule has 7 nitrogen and oxygen atoms in total. The number of piperazine rings is 1. The minimum absolute atomic E-state index is 0.0723. The van der Waals surface area contributed by atoms with Crippen molar-refractivity contribution in [2.75, 3.05) is 45.2 Å². The Hall–Kier alpha value is -2.29. The summed E-state index contributed by atoms with van der Waals surface area (Å²) in [6.07, 6.45) is 0. The van der Waals surface area contributed by atoms with E-state index < -0.39 is 15.9 Å². The summed E-state index contributed by atoms with van der Waals surface area (Å²) in [7, 11) is -0.800. The van der Waals surface area contributed by atoms with Gasteiger partial charge in [0, 0.05) is 43.9 Å². The van der Waals surface area contributed by atoms with Gasteiger partial charge in [0.1, 0.15) is 5.75 Å². The molecule has 9 heteroatoms. The van der Waals surface area contributed by atoms with Crippen molar-refractivity contribution in [3.63, 3.8) is 0 Å². The SMILES string of the molecule is CNC(=O)c1cc(S(=O)(=O)N2CCN(c3cccc(Cl)c3)CC2)ccc1OC. The molecule has 2 aromatic carbocycles. The van der Waals surface area contributed by atoms with Gasteiger partial charge in [-0.05, 0) is 36.4 Å². The first-order valence-electron chi connectivity index (χ1n) is 8.77. The van der Waals surface area contributed by atoms with Crippen molar-refractivity contribution in [3.8, 4) is 5.75 Å². The summed E-state index contributed by atoms with van der Waals surface area (Å²) in [5.41, 5.74) is 1.15. The van der Waals surface area contributed by atoms with E-state index in [0.717, 1.165) is 5.69 Å². The average molecular weight is 424 g/mol. The van der Waals surface area contributed by atoms with Crippen molar-refractivity contribution < 1.29 is 17.9 Å². The number of ether oxygens (including phenoxy) is 1. The topological polar surface area (TPSA) is 79.0 Å². The van der Waals surface area contributed by atoms with Crippen LogP contribution in [0.5, 0.6) is 5.75 Å². The predicted octanol–water partition coefficient (Wildman–Crippen LogP) is 2.22. The molecule has 1 aliphatic rings. The maximum absolute atomic E-state index is 13.1. The zero-order valence-electron chi connectivity index (χ0n) is 15.7. The van der Waals surface area contributed by atoms with Crippen LogP contribution in [0.1, 0.15) is 10.4 Å². The molecule has 1 saturated heterocycles. The lowest BCUT2D eigenvalue weighted by Gasteiger charge is -2.35. The van der Waals surface area contributed by atoms with Crippen molar-refractivity contribution >= 4 is 33.2 Å². The molecule has 1 aliphatic heterocycles. The Balaban J connectivity index is 1.80. The number of carbonyl (C=O) groups excluding carboxylic acids is 1. The number of hydrogen-bond donors (Lipinski definition) is 1. The van der Waals surface area contributed by atoms with E-state index in [0.29, 0.717) is 37.0 Å². The highest BCUT2D eigenvalue weighted by atomic mass is 35.5. The second-order valence-electron chi connectivity index (χ2n) is 6.31. The lowest BCUT2D eigenvalue weighted by atomic mass is 10.2. The van der Waals surface area contributed by atoms with Crippen molar-refractivity contribution in [1.29, 1.82) is 0 Å². The second-order valence-corrected chi connectivity index (χ2v) is 8.69. The summed E-state index contributed by atoms with van der Waals surface area (Å²) < 4.78 is 32.7. The van der Waals surface area contributed by atoms with Gasteiger partial charge in [0.25, 0.3) is 5.91 Å². The molecule has 2 aromatic rings. The number of amides is 1. The lowest BCUT2D eigenvalue weighted by Crippen LogP contribution is -2.48. The van der Waals surface area contributed by atoms with E-state index in [1.165, 1.54) is 36.7 Å². The first kappa shape index (κ1) is 20.4. The maximum Gasteiger partial charge on any atom is 0.254 e. The number of benzene rings is 2. The van der Waals surface area contributed by atoms with Crippen LogP contribution in [-0.4, -0.2) is 59.0 Å². The van der Waals surface area contributed by atoms with Gasteiger partial charge in [-0.15, -0.1) is 0 Å². The van der Waals surface area contributed by atoms with Gasteiger partial charge in [-0.3, -0.25) is 4.79 Å². The molecule has 0 saturated carbocycles. The van der Waals surface area contributed by atoms with Gasteiger partial charge in [-0.2, -0.15) is 4.31 Å². The fraction of sp³-hybridized carbons (Fsp3) is 0.316. The zero-order valence-corrected chi connectivity index (χ0v) is 17.3. The molecule has 1 amide bonds. The van der Waals surface area contributed by atoms with Crippen LogP contribution in [0, 0.1) is 0 Å². The number of hydrogen-bond acceptors (Lipinski definition) is 5. The minimum atomic E-state index is -3.72. The summed E-state index contributed by atoms with van der Waals surface area (Å²) in [5.74, 6) is -0.0799. The van der Waals surface area contributed by atoms with Gasteiger partial charge in [-0.1, -0.05) is 17.7 Å². The fourth-order valence-electron chi connectivity index (χ4n) is 3.17. The number of sulfonamides is 1. The summed E-state index contributed by atoms with van der Waals surface area (Å²) >= 11 is 6.05. The van der Waals surface area contributed by atoms with E-state index >= 15 is 0 Å². The third kappa shape index (κ3) is 4.09. The second kappa shape index (κ2) is 8.38. The largest absolute Gasteiger partial charge is 0.496 e. The summed E-state index contributed by atoms with van der Waals surface area (Å²) in [4.78, 5) is 14.2. The Bertz CT molecular complexity index is 973. The van der Waals surface area contributed by atoms with E-state index in [-0.39, 0.29) is 10.5 Å². The van der Waals surface area contributed by atoms with Crippen LogP contribution in [0.25, 0.3) is 0 Å². The lowest BCUT2D eigenvalue weighted by molar-refractivity contribution is 0.0960. The van der Waals surface area contributed by atoms with Gasteiger partial charge < -0.3 is 15.0 Å². The van der Waals surface area contributed by atoms with Gasteiger partial charge in [0.2, 0.25) is 10.0 Å². The highest BCUT2D eigenvalue weighted by Crippen LogP contribution is 2.26. The Morgan fingerprint density at radius 3 is 2.43 bits per heavy atom. The molecule has 0 spiro atoms. The molecule has 150 valence electrons. The molecular weight excluding hydrogens is 402 g/mol. The van der Waals surface area contributed by atoms with Gasteiger partial charge in [-0.25, -0.2) is 8.42 Å². The highest BCUT2D eigenvalue weighted by Gasteiger charge is 2.29. The quantitative estimate of drug-likeness (QED) is 0.797. The van der Waals surface area contributed by atoms with Crippen LogP contribution in [0.4, 0.5) is 5.69 Å². The van der Waals surface area contributed by atoms with Crippen molar-refractivity contribution in [2.24, 2.45) is 0 Å². The standard InChI is InChI=1S/C19H22ClN3O4S/c1-21-19(24)17-13-16(6-7-18(17)27-2)28(25,26)23-10-8-22(9-11-23)15-5-3-4-14(20)12-15/h3-7,12-13H,8-11H2,1-2H3,(H,21,24). The van der Waals surface area contributed by atoms with Crippen molar-refractivity contribution in [2.45, 2.75) is 4.90 Å². The van der Waals surface area contributed by atoms with Crippen LogP contribution in [0.2, 0.25) is 5.02 Å². The normalized spacial score (nSPS) is 15.3. The van der Waals surface area contributed by atoms with Crippen LogP contribution in [-0.2, 0) is 10.0 Å². The third-order valence-corrected chi connectivity index (χ3v) is 6.82. The first-order valence-corrected chi connectivity index (χ1v) is 10.6. The van der Waals surface area contributed by atoms with Gasteiger partial charge in [0.15, 0.2) is 0 Å². The van der Waals surface area contributed by atoms with Crippen molar-refractivity contribution in [1.82, 2.24) is 9.62 Å². The molecule has 1 heterocycles. The zero-order chi connectivity index (χ0) is 20.3. The molecule has 0 unspecified atom stereocenters. The number of anilines is 1. The Labute approximate surface area is 169 Å². The number of nitrogens with one attached hydrogen (secondary N) is 1. The molecule has 0 atom stereocenters. The molecule has 0 aliphatic carbocycles. The number of halogens is 1. The average Bonchev–Trinajstić information content (AvgIpc) is 2.72. The van der Waals surface area contributed by atoms with Crippen LogP contribution < -0.4 is 15.0 Å². The molecule has 3 rings (SSSR count). The monoisotopic (exact) mass is 423 g/mol. The van der Waals surface area contributed by atoms with Crippen LogP contribution in [0.3, 0.4) is 0 Å². The number of methoxy groups -OCH3 is 1. The molecule has 0 radical (unpaired) electrons. The molecule has 1 fully saturated rings. The molecular formula is C19H22ClN3O4S. The summed E-state index contributed by atoms with van der Waals surface area (Å²) in [5, 5.41) is 3.14. The van der Waals surface area contributed by atoms with Gasteiger partial charge >= 0.3 is 0 Å². The highest BCUT2D eigenvalue weighted by molar-refractivity contribution is 7.89. The smallest absolute Gasteiger partial charge is 0.254 e. The Morgan fingerprint density at radius 1 is 1.11 bits per heavy atom. The maximum atomic E-state index is 13.1. The van der Waals surface area contributed by atoms with Gasteiger partial charge in [0.05, 0.1) is 17.6 Å². The summed E-state index contributed by atoms with van der Waals surface area (Å²) in [6.45, 7) is 1.79. The Kier molecular flexibility index (Phi) is 6.12. The third-order valence-electron chi connectivity index (χ3n) is 4.69. The van der Waals surface area contributed by atoms with Crippen LogP contribution >= 0.6 is 11.6 Å². The number of carbonyl (C=O) groups is 1. The van der Waals surface area contributed by atoms with E-state index in [1.54, 1.807) is 6.07 Å². The molecule has 0 aromatic heterocycles. The minimum Gasteiger partial charge on any atom is -0.496 e. The van der Waals surface area contributed by atoms with Crippen molar-refractivity contribution in [3.05, 3.63) is 53.1 Å². The van der Waals surface area contributed by atoms with E-state index in [1.807, 2.05) is 18.2 Å². The molecule has 0 bridgehead atoms. The van der Waals surface area contributed by atoms with E-state index in [4.69, 9.17) is 16.3 Å². The first-order chi connectivity index (χ1) is 13.4. The van der Waals surface area contributed by atoms with E-state index in [2.05, 4.69) is 10.2 Å². The van der Waals surface area contributed by atoms with Crippen LogP contribution in [0.15, 0.2) is 47.4 Å².